The molecule has 0 aliphatic carbocycles. The van der Waals surface area contributed by atoms with Crippen LogP contribution < -0.4 is 4.74 Å². The fourth-order valence-electron chi connectivity index (χ4n) is 5.18. The van der Waals surface area contributed by atoms with Crippen LogP contribution in [0.5, 0.6) is 5.88 Å². The molecule has 2 aromatic heterocycles. The number of aromatic nitrogens is 6. The fourth-order valence-corrected chi connectivity index (χ4v) is 8.34. The van der Waals surface area contributed by atoms with Crippen molar-refractivity contribution < 1.29 is 14.3 Å². The van der Waals surface area contributed by atoms with E-state index in [1.54, 1.807) is 9.58 Å². The number of ether oxygens (including phenoxy) is 2. The van der Waals surface area contributed by atoms with E-state index < -0.39 is 18.7 Å². The number of amides is 1. The number of morpholine rings is 1. The van der Waals surface area contributed by atoms with Gasteiger partial charge in [0.05, 0.1) is 13.2 Å². The summed E-state index contributed by atoms with van der Waals surface area (Å²) in [7, 11) is 1.88. The molecule has 0 spiro atoms. The summed E-state index contributed by atoms with van der Waals surface area (Å²) in [6.07, 6.45) is 2.50. The summed E-state index contributed by atoms with van der Waals surface area (Å²) in [5.74, 6) is 1.47. The van der Waals surface area contributed by atoms with E-state index in [2.05, 4.69) is 82.6 Å². The van der Waals surface area contributed by atoms with Crippen molar-refractivity contribution in [1.29, 1.82) is 0 Å². The van der Waals surface area contributed by atoms with Gasteiger partial charge in [-0.05, 0) is 0 Å². The van der Waals surface area contributed by atoms with Crippen LogP contribution in [-0.2, 0) is 29.4 Å². The third-order valence-corrected chi connectivity index (χ3v) is 11.8. The quantitative estimate of drug-likeness (QED) is 0.235. The predicted molar refractivity (Wildman–Crippen MR) is 160 cm³/mol. The molecule has 0 unspecified atom stereocenters. The van der Waals surface area contributed by atoms with Gasteiger partial charge in [-0.3, -0.25) is 4.79 Å². The first-order valence-corrected chi connectivity index (χ1v) is 24.1. The van der Waals surface area contributed by atoms with Crippen molar-refractivity contribution in [3.8, 4) is 28.4 Å². The van der Waals surface area contributed by atoms with E-state index >= 15 is 0 Å². The zero-order valence-electron chi connectivity index (χ0n) is 24.6. The summed E-state index contributed by atoms with van der Waals surface area (Å²) in [5.41, 5.74) is 6.44. The average molecular weight is 664 g/mol. The SMILES string of the molecule is CCCc1nn(C)c(OCC(=O)N2CCOCC2)c1Cc1ccc(-c2ccccc2-c2nnn[n]2[Sn]([CH3])([CH3])[CH3])cc1. The Morgan fingerprint density at radius 3 is 2.41 bits per heavy atom. The first-order valence-electron chi connectivity index (χ1n) is 14.3. The Morgan fingerprint density at radius 1 is 1.02 bits per heavy atom. The number of carbonyl (C=O) groups excluding carboxylic acids is 1. The second kappa shape index (κ2) is 12.7. The Balaban J connectivity index is 1.38. The summed E-state index contributed by atoms with van der Waals surface area (Å²) >= 11 is -2.58. The molecule has 0 N–H and O–H groups in total. The standard InChI is InChI=1S/C27H30N7O3.3CH3.Sn/c1-3-6-24-23(27(33(2)30-24)37-18-25(35)34-13-15-36-16-14-34)17-19-9-11-20(12-10-19)21-7-4-5-8-22(21)26-28-31-32-29-26;;;;/h4-5,7-12H,3,6,13-18H2,1-2H3;3*1H3;/q-1;;;;+1. The van der Waals surface area contributed by atoms with Gasteiger partial charge in [0.1, 0.15) is 0 Å². The fraction of sp³-hybridized carbons (Fsp3) is 0.433. The Labute approximate surface area is 245 Å². The molecule has 2 aromatic carbocycles. The average Bonchev–Trinajstić information content (AvgIpc) is 3.58. The van der Waals surface area contributed by atoms with Gasteiger partial charge < -0.3 is 9.64 Å². The van der Waals surface area contributed by atoms with Gasteiger partial charge in [-0.1, -0.05) is 13.3 Å². The summed E-state index contributed by atoms with van der Waals surface area (Å²) in [4.78, 5) is 21.4. The van der Waals surface area contributed by atoms with Crippen LogP contribution in [0.15, 0.2) is 48.5 Å². The van der Waals surface area contributed by atoms with Gasteiger partial charge >= 0.3 is 173 Å². The van der Waals surface area contributed by atoms with Crippen LogP contribution in [0.1, 0.15) is 30.2 Å². The van der Waals surface area contributed by atoms with E-state index in [9.17, 15) is 4.79 Å². The maximum absolute atomic E-state index is 12.8. The minimum absolute atomic E-state index is 0.00776. The molecule has 5 rings (SSSR count). The number of benzene rings is 2. The van der Waals surface area contributed by atoms with Gasteiger partial charge in [0.15, 0.2) is 6.61 Å². The van der Waals surface area contributed by atoms with Crippen molar-refractivity contribution in [2.45, 2.75) is 41.0 Å². The topological polar surface area (TPSA) is 100 Å². The number of rotatable bonds is 10. The molecule has 0 radical (unpaired) electrons. The number of tetrazole rings is 1. The van der Waals surface area contributed by atoms with Crippen LogP contribution >= 0.6 is 0 Å². The maximum atomic E-state index is 12.8. The summed E-state index contributed by atoms with van der Waals surface area (Å²) in [6, 6.07) is 16.9. The van der Waals surface area contributed by atoms with Crippen LogP contribution in [0, 0.1) is 0 Å². The van der Waals surface area contributed by atoms with Gasteiger partial charge in [0.2, 0.25) is 0 Å². The van der Waals surface area contributed by atoms with Crippen LogP contribution in [0.4, 0.5) is 0 Å². The third kappa shape index (κ3) is 6.64. The third-order valence-electron chi connectivity index (χ3n) is 7.27. The first-order chi connectivity index (χ1) is 19.8. The van der Waals surface area contributed by atoms with Gasteiger partial charge in [0, 0.05) is 20.1 Å². The van der Waals surface area contributed by atoms with Gasteiger partial charge in [-0.25, -0.2) is 0 Å². The molecule has 1 aliphatic heterocycles. The van der Waals surface area contributed by atoms with Crippen molar-refractivity contribution in [2.24, 2.45) is 7.05 Å². The van der Waals surface area contributed by atoms with Gasteiger partial charge in [0.25, 0.3) is 5.91 Å². The second-order valence-corrected chi connectivity index (χ2v) is 25.0. The van der Waals surface area contributed by atoms with Crippen LogP contribution in [-0.4, -0.2) is 90.6 Å². The minimum atomic E-state index is -2.58. The number of hydrogen-bond acceptors (Lipinski definition) is 7. The molecule has 3 heterocycles. The second-order valence-electron chi connectivity index (χ2n) is 11.4. The molecule has 10 nitrogen and oxygen atoms in total. The monoisotopic (exact) mass is 665 g/mol. The van der Waals surface area contributed by atoms with E-state index in [0.29, 0.717) is 38.6 Å². The van der Waals surface area contributed by atoms with Crippen LogP contribution in [0.2, 0.25) is 14.8 Å². The van der Waals surface area contributed by atoms with Gasteiger partial charge in [-0.15, -0.1) is 0 Å². The molecule has 0 bridgehead atoms. The zero-order chi connectivity index (χ0) is 29.0. The molecule has 1 fully saturated rings. The van der Waals surface area contributed by atoms with E-state index in [4.69, 9.17) is 14.6 Å². The molecule has 1 saturated heterocycles. The molecule has 0 saturated carbocycles. The van der Waals surface area contributed by atoms with Crippen molar-refractivity contribution in [2.75, 3.05) is 32.9 Å². The molecule has 216 valence electrons. The molecule has 1 amide bonds. The Hall–Kier alpha value is -3.25. The predicted octanol–water partition coefficient (Wildman–Crippen LogP) is 4.20. The van der Waals surface area contributed by atoms with Crippen LogP contribution in [0.3, 0.4) is 0 Å². The summed E-state index contributed by atoms with van der Waals surface area (Å²) < 4.78 is 15.3. The Bertz CT molecular complexity index is 1480. The molecule has 11 heteroatoms. The van der Waals surface area contributed by atoms with E-state index in [1.807, 2.05) is 13.1 Å². The molecular formula is C30H39N7O3Sn. The number of nitrogens with zero attached hydrogens (tertiary/aromatic N) is 7. The number of aryl methyl sites for hydroxylation is 2. The van der Waals surface area contributed by atoms with Crippen LogP contribution in [0.25, 0.3) is 22.5 Å². The molecule has 0 atom stereocenters. The summed E-state index contributed by atoms with van der Waals surface area (Å²) in [6.45, 7) is 4.48. The van der Waals surface area contributed by atoms with Crippen molar-refractivity contribution in [3.63, 3.8) is 0 Å². The first kappa shape index (κ1) is 29.2. The van der Waals surface area contributed by atoms with Crippen molar-refractivity contribution >= 4 is 24.6 Å². The molecule has 41 heavy (non-hydrogen) atoms. The normalized spacial score (nSPS) is 13.9. The van der Waals surface area contributed by atoms with Crippen molar-refractivity contribution in [1.82, 2.24) is 33.1 Å². The van der Waals surface area contributed by atoms with E-state index in [-0.39, 0.29) is 12.5 Å². The number of hydrogen-bond donors (Lipinski definition) is 0. The van der Waals surface area contributed by atoms with Crippen molar-refractivity contribution in [3.05, 3.63) is 65.4 Å². The molecule has 1 aliphatic rings. The van der Waals surface area contributed by atoms with E-state index in [1.165, 1.54) is 0 Å². The Kier molecular flexibility index (Phi) is 9.08. The summed E-state index contributed by atoms with van der Waals surface area (Å²) in [5, 5.41) is 17.5. The van der Waals surface area contributed by atoms with E-state index in [0.717, 1.165) is 52.2 Å². The zero-order valence-corrected chi connectivity index (χ0v) is 27.5. The Morgan fingerprint density at radius 2 is 1.73 bits per heavy atom. The molecule has 4 aromatic rings. The van der Waals surface area contributed by atoms with Gasteiger partial charge in [-0.2, -0.15) is 0 Å². The molecular weight excluding hydrogens is 625 g/mol. The number of carbonyl (C=O) groups is 1.